The van der Waals surface area contributed by atoms with Gasteiger partial charge in [-0.05, 0) is 12.1 Å². The first kappa shape index (κ1) is 15.9. The van der Waals surface area contributed by atoms with E-state index in [-0.39, 0.29) is 18.2 Å². The van der Waals surface area contributed by atoms with Crippen molar-refractivity contribution < 1.29 is 13.2 Å². The number of nitrogens with zero attached hydrogens (tertiary/aromatic N) is 5. The van der Waals surface area contributed by atoms with E-state index in [0.29, 0.717) is 11.4 Å². The number of aryl methyl sites for hydroxylation is 1. The average molecular weight is 334 g/mol. The predicted octanol–water partition coefficient (Wildman–Crippen LogP) is 2.90. The number of anilines is 1. The molecule has 0 aromatic carbocycles. The van der Waals surface area contributed by atoms with Gasteiger partial charge in [0.25, 0.3) is 0 Å². The summed E-state index contributed by atoms with van der Waals surface area (Å²) in [6.45, 7) is 0.244. The number of hydrogen-bond acceptors (Lipinski definition) is 5. The molecule has 0 fully saturated rings. The molecule has 0 amide bonds. The van der Waals surface area contributed by atoms with Gasteiger partial charge in [-0.25, -0.2) is 15.0 Å². The molecular formula is C15H13F3N6. The van der Waals surface area contributed by atoms with Crippen molar-refractivity contribution in [3.63, 3.8) is 0 Å². The summed E-state index contributed by atoms with van der Waals surface area (Å²) in [5.74, 6) is 0.731. The summed E-state index contributed by atoms with van der Waals surface area (Å²) in [6.07, 6.45) is 1.74. The number of halogens is 3. The third-order valence-electron chi connectivity index (χ3n) is 3.30. The van der Waals surface area contributed by atoms with Gasteiger partial charge < -0.3 is 9.88 Å². The van der Waals surface area contributed by atoms with E-state index in [1.165, 1.54) is 12.4 Å². The van der Waals surface area contributed by atoms with Crippen molar-refractivity contribution in [2.45, 2.75) is 12.7 Å². The molecule has 6 nitrogen and oxygen atoms in total. The van der Waals surface area contributed by atoms with Crippen molar-refractivity contribution in [2.24, 2.45) is 7.05 Å². The summed E-state index contributed by atoms with van der Waals surface area (Å²) in [5, 5.41) is 2.86. The van der Waals surface area contributed by atoms with Crippen LogP contribution in [0.3, 0.4) is 0 Å². The molecule has 0 aliphatic carbocycles. The molecule has 0 saturated carbocycles. The van der Waals surface area contributed by atoms with E-state index in [4.69, 9.17) is 0 Å². The highest BCUT2D eigenvalue weighted by Gasteiger charge is 2.33. The molecule has 0 saturated heterocycles. The molecular weight excluding hydrogens is 321 g/mol. The molecule has 3 heterocycles. The van der Waals surface area contributed by atoms with Crippen molar-refractivity contribution in [1.82, 2.24) is 24.5 Å². The van der Waals surface area contributed by atoms with Crippen LogP contribution in [0.15, 0.2) is 43.0 Å². The highest BCUT2D eigenvalue weighted by Crippen LogP contribution is 2.30. The van der Waals surface area contributed by atoms with Crippen LogP contribution in [0, 0.1) is 0 Å². The van der Waals surface area contributed by atoms with E-state index >= 15 is 0 Å². The first-order valence-corrected chi connectivity index (χ1v) is 7.00. The van der Waals surface area contributed by atoms with E-state index in [0.717, 1.165) is 6.07 Å². The van der Waals surface area contributed by atoms with Gasteiger partial charge in [-0.1, -0.05) is 0 Å². The van der Waals surface area contributed by atoms with E-state index in [2.05, 4.69) is 25.3 Å². The Kier molecular flexibility index (Phi) is 4.15. The maximum absolute atomic E-state index is 13.1. The lowest BCUT2D eigenvalue weighted by atomic mass is 10.2. The average Bonchev–Trinajstić information content (AvgIpc) is 2.98. The Balaban J connectivity index is 1.94. The number of alkyl halides is 3. The van der Waals surface area contributed by atoms with Gasteiger partial charge in [0.2, 0.25) is 0 Å². The minimum atomic E-state index is -4.57. The number of imidazole rings is 1. The van der Waals surface area contributed by atoms with Crippen LogP contribution < -0.4 is 5.32 Å². The minimum absolute atomic E-state index is 0.0189. The molecule has 3 aromatic rings. The lowest BCUT2D eigenvalue weighted by Crippen LogP contribution is -2.13. The Morgan fingerprint density at radius 3 is 2.50 bits per heavy atom. The summed E-state index contributed by atoms with van der Waals surface area (Å²) >= 11 is 0. The van der Waals surface area contributed by atoms with Gasteiger partial charge in [-0.2, -0.15) is 13.2 Å². The number of hydrogen-bond donors (Lipinski definition) is 1. The van der Waals surface area contributed by atoms with Gasteiger partial charge in [-0.3, -0.25) is 4.98 Å². The normalized spacial score (nSPS) is 11.5. The van der Waals surface area contributed by atoms with Crippen LogP contribution in [-0.2, 0) is 19.8 Å². The van der Waals surface area contributed by atoms with Crippen molar-refractivity contribution in [1.29, 1.82) is 0 Å². The summed E-state index contributed by atoms with van der Waals surface area (Å²) in [5.41, 5.74) is -0.553. The zero-order valence-electron chi connectivity index (χ0n) is 12.6. The number of nitrogens with one attached hydrogen (secondary N) is 1. The molecule has 0 unspecified atom stereocenters. The zero-order valence-corrected chi connectivity index (χ0v) is 12.6. The molecule has 3 rings (SSSR count). The van der Waals surface area contributed by atoms with Crippen LogP contribution in [0.25, 0.3) is 11.4 Å². The monoisotopic (exact) mass is 334 g/mol. The van der Waals surface area contributed by atoms with E-state index in [1.807, 2.05) is 0 Å². The Bertz CT molecular complexity index is 829. The quantitative estimate of drug-likeness (QED) is 0.794. The molecule has 0 aliphatic heterocycles. The molecule has 0 bridgehead atoms. The van der Waals surface area contributed by atoms with Crippen molar-refractivity contribution >= 4 is 5.82 Å². The van der Waals surface area contributed by atoms with Crippen molar-refractivity contribution in [3.05, 3.63) is 54.5 Å². The van der Waals surface area contributed by atoms with Gasteiger partial charge in [-0.15, -0.1) is 0 Å². The SMILES string of the molecule is Cn1ccnc1CNc1cc(C(F)(F)F)nc(-c2ccncc2)n1. The maximum Gasteiger partial charge on any atom is 0.433 e. The highest BCUT2D eigenvalue weighted by molar-refractivity contribution is 5.57. The first-order valence-electron chi connectivity index (χ1n) is 7.00. The number of pyridine rings is 1. The van der Waals surface area contributed by atoms with E-state index < -0.39 is 11.9 Å². The van der Waals surface area contributed by atoms with E-state index in [9.17, 15) is 13.2 Å². The fourth-order valence-corrected chi connectivity index (χ4v) is 2.05. The lowest BCUT2D eigenvalue weighted by Gasteiger charge is -2.12. The molecule has 0 aliphatic rings. The van der Waals surface area contributed by atoms with Crippen LogP contribution in [0.4, 0.5) is 19.0 Å². The topological polar surface area (TPSA) is 68.5 Å². The van der Waals surface area contributed by atoms with Gasteiger partial charge in [0.05, 0.1) is 6.54 Å². The van der Waals surface area contributed by atoms with Crippen LogP contribution >= 0.6 is 0 Å². The largest absolute Gasteiger partial charge is 0.433 e. The van der Waals surface area contributed by atoms with Crippen molar-refractivity contribution in [2.75, 3.05) is 5.32 Å². The summed E-state index contributed by atoms with van der Waals surface area (Å²) in [6, 6.07) is 3.99. The van der Waals surface area contributed by atoms with Gasteiger partial charge in [0.15, 0.2) is 11.5 Å². The molecule has 0 spiro atoms. The van der Waals surface area contributed by atoms with E-state index in [1.54, 1.807) is 36.1 Å². The maximum atomic E-state index is 13.1. The Hall–Kier alpha value is -2.97. The Morgan fingerprint density at radius 1 is 1.12 bits per heavy atom. The van der Waals surface area contributed by atoms with Crippen LogP contribution in [0.5, 0.6) is 0 Å². The molecule has 0 radical (unpaired) electrons. The lowest BCUT2D eigenvalue weighted by molar-refractivity contribution is -0.141. The van der Waals surface area contributed by atoms with Crippen LogP contribution in [0.1, 0.15) is 11.5 Å². The molecule has 124 valence electrons. The first-order chi connectivity index (χ1) is 11.4. The standard InChI is InChI=1S/C15H13F3N6/c1-24-7-6-20-13(24)9-21-12-8-11(15(16,17)18)22-14(23-12)10-2-4-19-5-3-10/h2-8H,9H2,1H3,(H,21,22,23). The van der Waals surface area contributed by atoms with Crippen LogP contribution in [0.2, 0.25) is 0 Å². The highest BCUT2D eigenvalue weighted by atomic mass is 19.4. The van der Waals surface area contributed by atoms with Crippen molar-refractivity contribution in [3.8, 4) is 11.4 Å². The third kappa shape index (κ3) is 3.50. The minimum Gasteiger partial charge on any atom is -0.363 e. The molecule has 9 heteroatoms. The summed E-state index contributed by atoms with van der Waals surface area (Å²) < 4.78 is 41.1. The number of rotatable bonds is 4. The molecule has 1 N–H and O–H groups in total. The fourth-order valence-electron chi connectivity index (χ4n) is 2.05. The fraction of sp³-hybridized carbons (Fsp3) is 0.200. The Morgan fingerprint density at radius 2 is 1.88 bits per heavy atom. The Labute approximate surface area is 135 Å². The van der Waals surface area contributed by atoms with Crippen LogP contribution in [-0.4, -0.2) is 24.5 Å². The number of aromatic nitrogens is 5. The second-order valence-corrected chi connectivity index (χ2v) is 5.00. The molecule has 24 heavy (non-hydrogen) atoms. The zero-order chi connectivity index (χ0) is 17.2. The molecule has 3 aromatic heterocycles. The summed E-state index contributed by atoms with van der Waals surface area (Å²) in [7, 11) is 1.80. The molecule has 0 atom stereocenters. The van der Waals surface area contributed by atoms with Gasteiger partial charge in [0, 0.05) is 43.5 Å². The summed E-state index contributed by atoms with van der Waals surface area (Å²) in [4.78, 5) is 15.7. The second kappa shape index (κ2) is 6.26. The van der Waals surface area contributed by atoms with Gasteiger partial charge >= 0.3 is 6.18 Å². The predicted molar refractivity (Wildman–Crippen MR) is 80.8 cm³/mol. The smallest absolute Gasteiger partial charge is 0.363 e. The second-order valence-electron chi connectivity index (χ2n) is 5.00. The van der Waals surface area contributed by atoms with Gasteiger partial charge in [0.1, 0.15) is 11.6 Å². The third-order valence-corrected chi connectivity index (χ3v) is 3.30.